The summed E-state index contributed by atoms with van der Waals surface area (Å²) in [5.74, 6) is 0. The van der Waals surface area contributed by atoms with Gasteiger partial charge in [-0.05, 0) is 0 Å². The Kier molecular flexibility index (Phi) is 3.73. The van der Waals surface area contributed by atoms with Crippen LogP contribution in [0.1, 0.15) is 22.8 Å². The van der Waals surface area contributed by atoms with Gasteiger partial charge in [0.2, 0.25) is 0 Å². The molecule has 0 aliphatic heterocycles. The summed E-state index contributed by atoms with van der Waals surface area (Å²) in [5, 5.41) is 38.6. The number of hydrogen-bond acceptors (Lipinski definition) is 12. The molecule has 0 aliphatic rings. The number of hydrogen-bond donors (Lipinski definition) is 0. The maximum atomic E-state index is 9.31. The molecule has 0 saturated heterocycles. The fourth-order valence-corrected chi connectivity index (χ4v) is 3.68. The monoisotopic (exact) mass is 436 g/mol. The van der Waals surface area contributed by atoms with Crippen molar-refractivity contribution in [2.24, 2.45) is 0 Å². The van der Waals surface area contributed by atoms with Crippen LogP contribution in [0, 0.1) is 45.3 Å². The molecular weight excluding hydrogens is 432 g/mol. The fraction of sp³-hybridized carbons (Fsp3) is 0. The molecule has 2 aromatic carbocycles. The third kappa shape index (κ3) is 2.48. The molecule has 0 N–H and O–H groups in total. The second-order valence-electron chi connectivity index (χ2n) is 6.97. The van der Waals surface area contributed by atoms with Crippen molar-refractivity contribution in [3.8, 4) is 24.3 Å². The Bertz CT molecular complexity index is 1920. The van der Waals surface area contributed by atoms with E-state index in [1.165, 1.54) is 0 Å². The van der Waals surface area contributed by atoms with Gasteiger partial charge in [-0.2, -0.15) is 21.0 Å². The summed E-state index contributed by atoms with van der Waals surface area (Å²) in [6.07, 6.45) is 0. The maximum Gasteiger partial charge on any atom is 0.199 e. The number of nitriles is 4. The lowest BCUT2D eigenvalue weighted by Crippen LogP contribution is -2.03. The molecule has 12 heteroatoms. The standard InChI is InChI=1S/C22H4N12/c23-5-11-13(7-25)29-21-19(27-11)31-15-9-3-1-2-4-10(9)16-18(17(15)33-21)34-22-20(32-16)28-12(6-24)14(8-26)30-22/h1-4H. The van der Waals surface area contributed by atoms with Gasteiger partial charge in [-0.1, -0.05) is 24.3 Å². The molecule has 0 amide bonds. The van der Waals surface area contributed by atoms with Crippen LogP contribution in [0.5, 0.6) is 0 Å². The highest BCUT2D eigenvalue weighted by atomic mass is 15.0. The third-order valence-corrected chi connectivity index (χ3v) is 5.12. The second kappa shape index (κ2) is 6.76. The molecule has 12 nitrogen and oxygen atoms in total. The van der Waals surface area contributed by atoms with E-state index in [0.29, 0.717) is 32.8 Å². The smallest absolute Gasteiger partial charge is 0.199 e. The summed E-state index contributed by atoms with van der Waals surface area (Å²) >= 11 is 0. The molecule has 0 unspecified atom stereocenters. The van der Waals surface area contributed by atoms with E-state index in [0.717, 1.165) is 0 Å². The minimum absolute atomic E-state index is 0.0603. The summed E-state index contributed by atoms with van der Waals surface area (Å²) in [7, 11) is 0. The summed E-state index contributed by atoms with van der Waals surface area (Å²) in [6, 6.07) is 14.7. The van der Waals surface area contributed by atoms with Crippen LogP contribution in [0.3, 0.4) is 0 Å². The fourth-order valence-electron chi connectivity index (χ4n) is 3.68. The van der Waals surface area contributed by atoms with Crippen molar-refractivity contribution in [3.05, 3.63) is 47.0 Å². The average Bonchev–Trinajstić information content (AvgIpc) is 2.89. The minimum Gasteiger partial charge on any atom is -0.223 e. The van der Waals surface area contributed by atoms with Crippen LogP contribution in [-0.4, -0.2) is 39.9 Å². The lowest BCUT2D eigenvalue weighted by atomic mass is 10.1. The Morgan fingerprint density at radius 2 is 0.706 bits per heavy atom. The predicted molar refractivity (Wildman–Crippen MR) is 115 cm³/mol. The highest BCUT2D eigenvalue weighted by Crippen LogP contribution is 2.32. The third-order valence-electron chi connectivity index (χ3n) is 5.12. The number of benzene rings is 2. The molecule has 4 aromatic heterocycles. The molecule has 6 aromatic rings. The van der Waals surface area contributed by atoms with Crippen LogP contribution in [0.4, 0.5) is 0 Å². The Morgan fingerprint density at radius 3 is 1.00 bits per heavy atom. The summed E-state index contributed by atoms with van der Waals surface area (Å²) in [6.45, 7) is 0. The average molecular weight is 436 g/mol. The van der Waals surface area contributed by atoms with Gasteiger partial charge in [-0.3, -0.25) is 0 Å². The first-order valence-electron chi connectivity index (χ1n) is 9.55. The van der Waals surface area contributed by atoms with E-state index in [1.54, 1.807) is 0 Å². The van der Waals surface area contributed by atoms with Crippen molar-refractivity contribution in [1.82, 2.24) is 39.9 Å². The molecule has 0 aliphatic carbocycles. The number of fused-ring (bicyclic) bond motifs is 8. The van der Waals surface area contributed by atoms with Gasteiger partial charge in [0.15, 0.2) is 45.4 Å². The van der Waals surface area contributed by atoms with Crippen LogP contribution in [0.15, 0.2) is 24.3 Å². The van der Waals surface area contributed by atoms with Gasteiger partial charge >= 0.3 is 0 Å². The zero-order valence-electron chi connectivity index (χ0n) is 16.7. The Morgan fingerprint density at radius 1 is 0.412 bits per heavy atom. The molecule has 0 fully saturated rings. The van der Waals surface area contributed by atoms with Gasteiger partial charge < -0.3 is 0 Å². The Balaban J connectivity index is 1.86. The van der Waals surface area contributed by atoms with E-state index in [9.17, 15) is 21.0 Å². The summed E-state index contributed by atoms with van der Waals surface area (Å²) in [4.78, 5) is 34.9. The molecule has 0 saturated carbocycles. The second-order valence-corrected chi connectivity index (χ2v) is 6.97. The van der Waals surface area contributed by atoms with E-state index in [1.807, 2.05) is 48.5 Å². The van der Waals surface area contributed by atoms with E-state index in [2.05, 4.69) is 39.9 Å². The molecule has 34 heavy (non-hydrogen) atoms. The van der Waals surface area contributed by atoms with Crippen molar-refractivity contribution in [3.63, 3.8) is 0 Å². The van der Waals surface area contributed by atoms with E-state index < -0.39 is 0 Å². The number of rotatable bonds is 0. The van der Waals surface area contributed by atoms with Crippen molar-refractivity contribution in [2.75, 3.05) is 0 Å². The normalized spacial score (nSPS) is 10.8. The van der Waals surface area contributed by atoms with E-state index in [4.69, 9.17) is 0 Å². The van der Waals surface area contributed by atoms with Crippen LogP contribution in [0.2, 0.25) is 0 Å². The predicted octanol–water partition coefficient (Wildman–Crippen LogP) is 2.10. The van der Waals surface area contributed by atoms with Gasteiger partial charge in [-0.15, -0.1) is 0 Å². The highest BCUT2D eigenvalue weighted by Gasteiger charge is 2.19. The molecule has 4 heterocycles. The molecule has 6 rings (SSSR count). The van der Waals surface area contributed by atoms with Crippen molar-refractivity contribution < 1.29 is 0 Å². The van der Waals surface area contributed by atoms with Crippen LogP contribution in [0.25, 0.3) is 55.4 Å². The molecule has 152 valence electrons. The molecule has 0 radical (unpaired) electrons. The Labute approximate surface area is 188 Å². The van der Waals surface area contributed by atoms with Gasteiger partial charge in [0, 0.05) is 10.8 Å². The topological polar surface area (TPSA) is 198 Å². The zero-order chi connectivity index (χ0) is 23.4. The van der Waals surface area contributed by atoms with Crippen molar-refractivity contribution >= 4 is 55.4 Å². The minimum atomic E-state index is -0.168. The first-order chi connectivity index (χ1) is 16.6. The quantitative estimate of drug-likeness (QED) is 0.248. The first-order valence-corrected chi connectivity index (χ1v) is 9.55. The van der Waals surface area contributed by atoms with Crippen LogP contribution >= 0.6 is 0 Å². The first kappa shape index (κ1) is 18.8. The summed E-state index contributed by atoms with van der Waals surface area (Å²) < 4.78 is 0. The largest absolute Gasteiger partial charge is 0.223 e. The SMILES string of the molecule is N#Cc1nc2nc3c4ccccc4c4nc5nc(C#N)c(C#N)nc5nc4c3nc2nc1C#N. The maximum absolute atomic E-state index is 9.31. The molecule has 0 spiro atoms. The number of nitrogens with zero attached hydrogens (tertiary/aromatic N) is 12. The highest BCUT2D eigenvalue weighted by molar-refractivity contribution is 6.22. The lowest BCUT2D eigenvalue weighted by molar-refractivity contribution is 1.14. The van der Waals surface area contributed by atoms with E-state index >= 15 is 0 Å². The van der Waals surface area contributed by atoms with Gasteiger partial charge in [0.25, 0.3) is 0 Å². The van der Waals surface area contributed by atoms with Crippen LogP contribution < -0.4 is 0 Å². The summed E-state index contributed by atoms with van der Waals surface area (Å²) in [5.41, 5.74) is 1.22. The lowest BCUT2D eigenvalue weighted by Gasteiger charge is -2.09. The molecule has 0 atom stereocenters. The number of aromatic nitrogens is 8. The molecule has 0 bridgehead atoms. The van der Waals surface area contributed by atoms with Gasteiger partial charge in [-0.25, -0.2) is 39.9 Å². The van der Waals surface area contributed by atoms with Crippen LogP contribution in [-0.2, 0) is 0 Å². The van der Waals surface area contributed by atoms with Gasteiger partial charge in [0.1, 0.15) is 46.3 Å². The molecular formula is C22H4N12. The van der Waals surface area contributed by atoms with E-state index in [-0.39, 0.29) is 45.4 Å². The zero-order valence-corrected chi connectivity index (χ0v) is 16.7. The van der Waals surface area contributed by atoms with Gasteiger partial charge in [0.05, 0.1) is 0 Å². The Hall–Kier alpha value is -5.98. The van der Waals surface area contributed by atoms with Crippen molar-refractivity contribution in [2.45, 2.75) is 0 Å². The van der Waals surface area contributed by atoms with Crippen molar-refractivity contribution in [1.29, 1.82) is 21.0 Å².